The normalized spacial score (nSPS) is 11.6. The number of hydrogen-bond donors (Lipinski definition) is 1. The first-order valence-corrected chi connectivity index (χ1v) is 11.9. The van der Waals surface area contributed by atoms with Gasteiger partial charge in [0.05, 0.1) is 0 Å². The van der Waals surface area contributed by atoms with Crippen molar-refractivity contribution >= 4 is 50.2 Å². The number of amides is 1. The third-order valence-corrected chi connectivity index (χ3v) is 6.34. The third kappa shape index (κ3) is 5.26. The second-order valence-corrected chi connectivity index (χ2v) is 9.20. The Morgan fingerprint density at radius 1 is 0.912 bits per heavy atom. The van der Waals surface area contributed by atoms with E-state index in [2.05, 4.69) is 5.32 Å². The highest BCUT2D eigenvalue weighted by Gasteiger charge is 2.19. The van der Waals surface area contributed by atoms with Crippen molar-refractivity contribution in [3.8, 4) is 11.8 Å². The molecular formula is C26H17ClN2O4S. The van der Waals surface area contributed by atoms with Gasteiger partial charge in [0.2, 0.25) is 0 Å². The molecule has 0 fully saturated rings. The lowest BCUT2D eigenvalue weighted by Crippen LogP contribution is -2.14. The van der Waals surface area contributed by atoms with Crippen LogP contribution >= 0.6 is 11.6 Å². The zero-order valence-electron chi connectivity index (χ0n) is 17.6. The highest BCUT2D eigenvalue weighted by Crippen LogP contribution is 2.27. The largest absolute Gasteiger partial charge is 0.378 e. The van der Waals surface area contributed by atoms with Gasteiger partial charge in [-0.05, 0) is 53.2 Å². The van der Waals surface area contributed by atoms with E-state index in [0.717, 1.165) is 10.8 Å². The van der Waals surface area contributed by atoms with Gasteiger partial charge in [-0.25, -0.2) is 0 Å². The van der Waals surface area contributed by atoms with Gasteiger partial charge in [-0.3, -0.25) is 4.79 Å². The molecule has 4 aromatic carbocycles. The molecule has 0 aliphatic carbocycles. The number of anilines is 1. The zero-order chi connectivity index (χ0) is 24.1. The van der Waals surface area contributed by atoms with Crippen molar-refractivity contribution in [2.75, 3.05) is 5.32 Å². The van der Waals surface area contributed by atoms with Gasteiger partial charge in [0.15, 0.2) is 0 Å². The molecular weight excluding hydrogens is 472 g/mol. The molecule has 4 rings (SSSR count). The van der Waals surface area contributed by atoms with E-state index < -0.39 is 16.0 Å². The predicted molar refractivity (Wildman–Crippen MR) is 132 cm³/mol. The fourth-order valence-corrected chi connectivity index (χ4v) is 4.41. The number of fused-ring (bicyclic) bond motifs is 1. The third-order valence-electron chi connectivity index (χ3n) is 4.88. The Bertz CT molecular complexity index is 1570. The first kappa shape index (κ1) is 23.1. The number of carbonyl (C=O) groups is 1. The summed E-state index contributed by atoms with van der Waals surface area (Å²) in [6.45, 7) is 0. The summed E-state index contributed by atoms with van der Waals surface area (Å²) in [4.78, 5) is 12.6. The monoisotopic (exact) mass is 488 g/mol. The lowest BCUT2D eigenvalue weighted by Gasteiger charge is -2.11. The number of rotatable bonds is 6. The van der Waals surface area contributed by atoms with Crippen molar-refractivity contribution in [1.82, 2.24) is 0 Å². The molecule has 168 valence electrons. The van der Waals surface area contributed by atoms with Gasteiger partial charge in [0.1, 0.15) is 22.3 Å². The fourth-order valence-electron chi connectivity index (χ4n) is 3.23. The van der Waals surface area contributed by atoms with Crippen LogP contribution in [-0.4, -0.2) is 14.3 Å². The number of hydrogen-bond acceptors (Lipinski definition) is 5. The maximum absolute atomic E-state index is 13.0. The smallest absolute Gasteiger partial charge is 0.339 e. The average Bonchev–Trinajstić information content (AvgIpc) is 2.83. The van der Waals surface area contributed by atoms with E-state index in [1.165, 1.54) is 24.3 Å². The van der Waals surface area contributed by atoms with Gasteiger partial charge in [-0.1, -0.05) is 66.2 Å². The number of halogens is 1. The van der Waals surface area contributed by atoms with E-state index in [9.17, 15) is 18.5 Å². The summed E-state index contributed by atoms with van der Waals surface area (Å²) in [5, 5.41) is 14.2. The van der Waals surface area contributed by atoms with E-state index >= 15 is 0 Å². The van der Waals surface area contributed by atoms with E-state index in [1.54, 1.807) is 48.5 Å². The van der Waals surface area contributed by atoms with Crippen molar-refractivity contribution < 1.29 is 17.4 Å². The van der Waals surface area contributed by atoms with Crippen LogP contribution in [0.1, 0.15) is 5.56 Å². The van der Waals surface area contributed by atoms with E-state index in [-0.39, 0.29) is 21.8 Å². The number of nitriles is 1. The molecule has 0 saturated heterocycles. The van der Waals surface area contributed by atoms with E-state index in [1.807, 2.05) is 30.3 Å². The number of benzene rings is 4. The number of nitrogens with one attached hydrogen (secondary N) is 1. The topological polar surface area (TPSA) is 96.3 Å². The lowest BCUT2D eigenvalue weighted by atomic mass is 10.1. The molecule has 0 bridgehead atoms. The Hall–Kier alpha value is -4.12. The molecule has 0 aliphatic heterocycles. The van der Waals surface area contributed by atoms with Gasteiger partial charge in [0, 0.05) is 16.3 Å². The highest BCUT2D eigenvalue weighted by atomic mass is 35.5. The minimum Gasteiger partial charge on any atom is -0.378 e. The summed E-state index contributed by atoms with van der Waals surface area (Å²) in [5.41, 5.74) is 0.436. The van der Waals surface area contributed by atoms with Crippen LogP contribution in [0.2, 0.25) is 5.02 Å². The Morgan fingerprint density at radius 2 is 1.65 bits per heavy atom. The van der Waals surface area contributed by atoms with Crippen LogP contribution in [0.4, 0.5) is 5.69 Å². The van der Waals surface area contributed by atoms with Gasteiger partial charge in [-0.2, -0.15) is 13.7 Å². The number of carbonyl (C=O) groups excluding carboxylic acids is 1. The lowest BCUT2D eigenvalue weighted by molar-refractivity contribution is -0.112. The maximum atomic E-state index is 13.0. The molecule has 1 N–H and O–H groups in total. The standard InChI is InChI=1S/C26H17ClN2O4S/c27-22-9-5-10-23(16-22)29-26(30)21(17-28)14-20-8-3-4-11-25(20)33-34(31,32)24-13-12-18-6-1-2-7-19(18)15-24/h1-16H,(H,29,30)/b21-14+. The van der Waals surface area contributed by atoms with E-state index in [0.29, 0.717) is 10.7 Å². The highest BCUT2D eigenvalue weighted by molar-refractivity contribution is 7.87. The van der Waals surface area contributed by atoms with Crippen LogP contribution < -0.4 is 9.50 Å². The first-order valence-electron chi connectivity index (χ1n) is 10.1. The van der Waals surface area contributed by atoms with Crippen molar-refractivity contribution in [3.63, 3.8) is 0 Å². The molecule has 4 aromatic rings. The van der Waals surface area contributed by atoms with Gasteiger partial charge >= 0.3 is 10.1 Å². The predicted octanol–water partition coefficient (Wildman–Crippen LogP) is 5.81. The minimum atomic E-state index is -4.17. The summed E-state index contributed by atoms with van der Waals surface area (Å²) < 4.78 is 31.3. The Kier molecular flexibility index (Phi) is 6.64. The first-order chi connectivity index (χ1) is 16.4. The molecule has 0 saturated carbocycles. The summed E-state index contributed by atoms with van der Waals surface area (Å²) in [6, 6.07) is 26.6. The van der Waals surface area contributed by atoms with Crippen molar-refractivity contribution in [2.45, 2.75) is 4.90 Å². The van der Waals surface area contributed by atoms with Crippen LogP contribution in [0.25, 0.3) is 16.8 Å². The number of para-hydroxylation sites is 1. The Labute approximate surface area is 201 Å². The summed E-state index contributed by atoms with van der Waals surface area (Å²) in [7, 11) is -4.17. The van der Waals surface area contributed by atoms with Crippen molar-refractivity contribution in [1.29, 1.82) is 5.26 Å². The minimum absolute atomic E-state index is 0.0100. The molecule has 0 aliphatic rings. The Balaban J connectivity index is 1.63. The van der Waals surface area contributed by atoms with Gasteiger partial charge in [0.25, 0.3) is 5.91 Å². The molecule has 1 amide bonds. The molecule has 8 heteroatoms. The quantitative estimate of drug-likeness (QED) is 0.210. The van der Waals surface area contributed by atoms with Crippen molar-refractivity contribution in [2.24, 2.45) is 0 Å². The van der Waals surface area contributed by atoms with Crippen LogP contribution in [0.15, 0.2) is 101 Å². The second-order valence-electron chi connectivity index (χ2n) is 7.22. The molecule has 34 heavy (non-hydrogen) atoms. The van der Waals surface area contributed by atoms with Crippen LogP contribution in [-0.2, 0) is 14.9 Å². The molecule has 0 atom stereocenters. The van der Waals surface area contributed by atoms with Crippen LogP contribution in [0.5, 0.6) is 5.75 Å². The van der Waals surface area contributed by atoms with Gasteiger partial charge in [-0.15, -0.1) is 0 Å². The molecule has 0 heterocycles. The van der Waals surface area contributed by atoms with Gasteiger partial charge < -0.3 is 9.50 Å². The van der Waals surface area contributed by atoms with Crippen LogP contribution in [0, 0.1) is 11.3 Å². The maximum Gasteiger partial charge on any atom is 0.339 e. The molecule has 0 unspecified atom stereocenters. The zero-order valence-corrected chi connectivity index (χ0v) is 19.2. The number of nitrogens with zero attached hydrogens (tertiary/aromatic N) is 1. The molecule has 0 radical (unpaired) electrons. The summed E-state index contributed by atoms with van der Waals surface area (Å²) in [5.74, 6) is -0.684. The fraction of sp³-hybridized carbons (Fsp3) is 0. The van der Waals surface area contributed by atoms with Crippen molar-refractivity contribution in [3.05, 3.63) is 107 Å². The second kappa shape index (κ2) is 9.79. The molecule has 0 aromatic heterocycles. The molecule has 6 nitrogen and oxygen atoms in total. The Morgan fingerprint density at radius 3 is 2.41 bits per heavy atom. The van der Waals surface area contributed by atoms with E-state index in [4.69, 9.17) is 15.8 Å². The average molecular weight is 489 g/mol. The van der Waals surface area contributed by atoms with Crippen LogP contribution in [0.3, 0.4) is 0 Å². The summed E-state index contributed by atoms with van der Waals surface area (Å²) in [6.07, 6.45) is 1.27. The molecule has 0 spiro atoms. The summed E-state index contributed by atoms with van der Waals surface area (Å²) >= 11 is 5.93. The SMILES string of the molecule is N#C/C(=C\c1ccccc1OS(=O)(=O)c1ccc2ccccc2c1)C(=O)Nc1cccc(Cl)c1.